The highest BCUT2D eigenvalue weighted by Crippen LogP contribution is 2.23. The molecule has 0 saturated heterocycles. The first kappa shape index (κ1) is 16.1. The molecule has 0 unspecified atom stereocenters. The molecular formula is C17H20N4O3. The van der Waals surface area contributed by atoms with E-state index in [4.69, 9.17) is 20.7 Å². The van der Waals surface area contributed by atoms with Crippen LogP contribution in [0.25, 0.3) is 0 Å². The van der Waals surface area contributed by atoms with Gasteiger partial charge in [0.1, 0.15) is 18.6 Å². The largest absolute Gasteiger partial charge is 0.480 e. The lowest BCUT2D eigenvalue weighted by Gasteiger charge is -2.14. The summed E-state index contributed by atoms with van der Waals surface area (Å²) in [5.74, 6) is 5.84. The van der Waals surface area contributed by atoms with Gasteiger partial charge in [0, 0.05) is 25.4 Å². The van der Waals surface area contributed by atoms with Gasteiger partial charge < -0.3 is 20.3 Å². The Hall–Kier alpha value is -2.77. The van der Waals surface area contributed by atoms with Crippen molar-refractivity contribution >= 4 is 0 Å². The van der Waals surface area contributed by atoms with Gasteiger partial charge >= 0.3 is 0 Å². The minimum Gasteiger partial charge on any atom is -0.480 e. The predicted octanol–water partition coefficient (Wildman–Crippen LogP) is 0.798. The zero-order valence-corrected chi connectivity index (χ0v) is 13.2. The second-order valence-corrected chi connectivity index (χ2v) is 5.66. The Bertz CT molecular complexity index is 775. The van der Waals surface area contributed by atoms with Gasteiger partial charge in [-0.25, -0.2) is 0 Å². The highest BCUT2D eigenvalue weighted by atomic mass is 16.5. The minimum atomic E-state index is -0.235. The molecule has 0 amide bonds. The van der Waals surface area contributed by atoms with Crippen LogP contribution in [0, 0.1) is 0 Å². The number of nitrogens with one attached hydrogen (secondary N) is 1. The number of ether oxygens (including phenoxy) is 1. The van der Waals surface area contributed by atoms with Crippen LogP contribution < -0.4 is 27.2 Å². The average Bonchev–Trinajstić information content (AvgIpc) is 2.96. The molecule has 126 valence electrons. The van der Waals surface area contributed by atoms with Gasteiger partial charge in [0.25, 0.3) is 0 Å². The Morgan fingerprint density at radius 3 is 2.67 bits per heavy atom. The number of fused-ring (bicyclic) bond motifs is 1. The van der Waals surface area contributed by atoms with Gasteiger partial charge in [-0.1, -0.05) is 24.3 Å². The summed E-state index contributed by atoms with van der Waals surface area (Å²) in [7, 11) is 0. The lowest BCUT2D eigenvalue weighted by Crippen LogP contribution is -2.21. The predicted molar refractivity (Wildman–Crippen MR) is 89.5 cm³/mol. The van der Waals surface area contributed by atoms with E-state index >= 15 is 0 Å². The van der Waals surface area contributed by atoms with Crippen LogP contribution in [0.4, 0.5) is 0 Å². The van der Waals surface area contributed by atoms with E-state index in [1.54, 1.807) is 0 Å². The first-order valence-corrected chi connectivity index (χ1v) is 7.60. The van der Waals surface area contributed by atoms with Crippen molar-refractivity contribution in [3.8, 4) is 5.75 Å². The summed E-state index contributed by atoms with van der Waals surface area (Å²) in [5.41, 5.74) is 10.7. The molecule has 0 bridgehead atoms. The van der Waals surface area contributed by atoms with Crippen LogP contribution in [-0.2, 0) is 19.6 Å². The van der Waals surface area contributed by atoms with Crippen LogP contribution >= 0.6 is 0 Å². The van der Waals surface area contributed by atoms with Crippen molar-refractivity contribution in [3.05, 3.63) is 75.6 Å². The Balaban J connectivity index is 1.61. The topological polar surface area (TPSA) is 107 Å². The van der Waals surface area contributed by atoms with Crippen LogP contribution in [0.3, 0.4) is 0 Å². The van der Waals surface area contributed by atoms with Gasteiger partial charge in [-0.15, -0.1) is 0 Å². The molecule has 0 spiro atoms. The molecule has 0 radical (unpaired) electrons. The Labute approximate surface area is 139 Å². The van der Waals surface area contributed by atoms with Crippen LogP contribution in [0.1, 0.15) is 16.9 Å². The van der Waals surface area contributed by atoms with E-state index in [2.05, 4.69) is 22.5 Å². The van der Waals surface area contributed by atoms with Crippen LogP contribution in [0.2, 0.25) is 0 Å². The van der Waals surface area contributed by atoms with Gasteiger partial charge in [-0.2, -0.15) is 0 Å². The molecule has 5 N–H and O–H groups in total. The van der Waals surface area contributed by atoms with Crippen LogP contribution in [0.15, 0.2) is 57.7 Å². The second-order valence-electron chi connectivity index (χ2n) is 5.66. The number of benzene rings is 1. The molecule has 1 aliphatic rings. The number of rotatable bonds is 6. The highest BCUT2D eigenvalue weighted by Gasteiger charge is 2.19. The molecule has 2 heterocycles. The van der Waals surface area contributed by atoms with Crippen molar-refractivity contribution in [1.29, 1.82) is 0 Å². The van der Waals surface area contributed by atoms with E-state index in [9.17, 15) is 4.79 Å². The summed E-state index contributed by atoms with van der Waals surface area (Å²) >= 11 is 0. The molecule has 7 nitrogen and oxygen atoms in total. The van der Waals surface area contributed by atoms with E-state index < -0.39 is 0 Å². The van der Waals surface area contributed by atoms with Gasteiger partial charge in [0.05, 0.1) is 12.2 Å². The lowest BCUT2D eigenvalue weighted by molar-refractivity contribution is 0.244. The fourth-order valence-corrected chi connectivity index (χ4v) is 2.67. The summed E-state index contributed by atoms with van der Waals surface area (Å²) in [6.45, 7) is 2.33. The zero-order valence-electron chi connectivity index (χ0n) is 13.2. The summed E-state index contributed by atoms with van der Waals surface area (Å²) < 4.78 is 10.8. The van der Waals surface area contributed by atoms with E-state index in [1.807, 2.05) is 12.1 Å². The molecule has 24 heavy (non-hydrogen) atoms. The molecule has 0 aliphatic carbocycles. The van der Waals surface area contributed by atoms with Crippen molar-refractivity contribution < 1.29 is 9.15 Å². The average molecular weight is 328 g/mol. The summed E-state index contributed by atoms with van der Waals surface area (Å²) in [4.78, 5) is 14.3. The van der Waals surface area contributed by atoms with Gasteiger partial charge in [0.2, 0.25) is 11.2 Å². The number of hydrogen-bond acceptors (Lipinski definition) is 7. The molecular weight excluding hydrogens is 308 g/mol. The van der Waals surface area contributed by atoms with Crippen molar-refractivity contribution in [1.82, 2.24) is 10.3 Å². The molecule has 1 aliphatic heterocycles. The summed E-state index contributed by atoms with van der Waals surface area (Å²) in [5, 5.41) is 0. The molecule has 1 aromatic carbocycles. The molecule has 7 heteroatoms. The SMILES string of the molecule is NN/C=C(\N)COc1coc(CN2Cc3ccccc3C2)cc1=O. The number of nitrogens with two attached hydrogens (primary N) is 2. The maximum Gasteiger partial charge on any atom is 0.227 e. The molecule has 2 aromatic rings. The third-order valence-corrected chi connectivity index (χ3v) is 3.80. The van der Waals surface area contributed by atoms with Crippen LogP contribution in [-0.4, -0.2) is 11.5 Å². The number of nitrogens with zero attached hydrogens (tertiary/aromatic N) is 1. The molecule has 0 saturated carbocycles. The van der Waals surface area contributed by atoms with Crippen molar-refractivity contribution in [2.75, 3.05) is 6.61 Å². The fourth-order valence-electron chi connectivity index (χ4n) is 2.67. The van der Waals surface area contributed by atoms with E-state index in [0.717, 1.165) is 13.1 Å². The standard InChI is InChI=1S/C17H20N4O3/c18-14(6-20-19)10-24-17-11-23-15(5-16(17)22)9-21-7-12-3-1-2-4-13(12)8-21/h1-6,11,20H,7-10,18-19H2/b14-6-. The molecule has 1 aromatic heterocycles. The first-order chi connectivity index (χ1) is 11.7. The highest BCUT2D eigenvalue weighted by molar-refractivity contribution is 5.30. The van der Waals surface area contributed by atoms with Gasteiger partial charge in [0.15, 0.2) is 0 Å². The first-order valence-electron chi connectivity index (χ1n) is 7.60. The van der Waals surface area contributed by atoms with Crippen molar-refractivity contribution in [2.45, 2.75) is 19.6 Å². The monoisotopic (exact) mass is 328 g/mol. The number of hydrazine groups is 1. The third kappa shape index (κ3) is 3.76. The maximum atomic E-state index is 12.1. The van der Waals surface area contributed by atoms with E-state index in [-0.39, 0.29) is 17.8 Å². The zero-order chi connectivity index (χ0) is 16.9. The Morgan fingerprint density at radius 2 is 2.04 bits per heavy atom. The van der Waals surface area contributed by atoms with Gasteiger partial charge in [-0.05, 0) is 11.1 Å². The minimum absolute atomic E-state index is 0.0513. The lowest BCUT2D eigenvalue weighted by atomic mass is 10.1. The van der Waals surface area contributed by atoms with Gasteiger partial charge in [-0.3, -0.25) is 15.5 Å². The molecule has 3 rings (SSSR count). The van der Waals surface area contributed by atoms with E-state index in [0.29, 0.717) is 18.0 Å². The quantitative estimate of drug-likeness (QED) is 0.532. The summed E-state index contributed by atoms with van der Waals surface area (Å²) in [6, 6.07) is 9.77. The number of hydrogen-bond donors (Lipinski definition) is 3. The van der Waals surface area contributed by atoms with Crippen molar-refractivity contribution in [2.24, 2.45) is 11.6 Å². The Morgan fingerprint density at radius 1 is 1.33 bits per heavy atom. The van der Waals surface area contributed by atoms with Crippen molar-refractivity contribution in [3.63, 3.8) is 0 Å². The normalized spacial score (nSPS) is 14.5. The fraction of sp³-hybridized carbons (Fsp3) is 0.235. The van der Waals surface area contributed by atoms with E-state index in [1.165, 1.54) is 29.7 Å². The maximum absolute atomic E-state index is 12.1. The Kier molecular flexibility index (Phi) is 4.83. The summed E-state index contributed by atoms with van der Waals surface area (Å²) in [6.07, 6.45) is 2.71. The third-order valence-electron chi connectivity index (χ3n) is 3.80. The smallest absolute Gasteiger partial charge is 0.227 e. The second kappa shape index (κ2) is 7.20. The molecule has 0 fully saturated rings. The molecule has 0 atom stereocenters. The van der Waals surface area contributed by atoms with Crippen LogP contribution in [0.5, 0.6) is 5.75 Å².